The molecule has 30 heavy (non-hydrogen) atoms. The minimum Gasteiger partial charge on any atom is -0.350 e. The lowest BCUT2D eigenvalue weighted by Gasteiger charge is -2.11. The number of carbonyl (C=O) groups is 1. The average Bonchev–Trinajstić information content (AvgIpc) is 3.23. The van der Waals surface area contributed by atoms with Crippen LogP contribution in [0, 0.1) is 6.92 Å². The fraction of sp³-hybridized carbons (Fsp3) is 0.227. The molecule has 0 saturated carbocycles. The van der Waals surface area contributed by atoms with Gasteiger partial charge in [0.05, 0.1) is 17.6 Å². The van der Waals surface area contributed by atoms with Gasteiger partial charge in [0.15, 0.2) is 0 Å². The number of carbonyl (C=O) groups excluding carboxylic acids is 1. The van der Waals surface area contributed by atoms with Crippen LogP contribution < -0.4 is 10.7 Å². The zero-order chi connectivity index (χ0) is 21.1. The largest absolute Gasteiger partial charge is 0.350 e. The molecule has 0 radical (unpaired) electrons. The van der Waals surface area contributed by atoms with Gasteiger partial charge in [-0.25, -0.2) is 4.98 Å². The van der Waals surface area contributed by atoms with Crippen LogP contribution in [0.5, 0.6) is 0 Å². The van der Waals surface area contributed by atoms with Gasteiger partial charge in [-0.2, -0.15) is 5.10 Å². The Morgan fingerprint density at radius 2 is 1.93 bits per heavy atom. The molecule has 8 heteroatoms. The van der Waals surface area contributed by atoms with Gasteiger partial charge in [0.2, 0.25) is 5.43 Å². The third kappa shape index (κ3) is 3.84. The first-order chi connectivity index (χ1) is 14.6. The summed E-state index contributed by atoms with van der Waals surface area (Å²) in [7, 11) is 0. The fourth-order valence-electron chi connectivity index (χ4n) is 3.30. The molecule has 0 aromatic carbocycles. The van der Waals surface area contributed by atoms with E-state index in [-0.39, 0.29) is 11.0 Å². The number of fused-ring (bicyclic) bond motifs is 1. The van der Waals surface area contributed by atoms with E-state index in [1.165, 1.54) is 0 Å². The Morgan fingerprint density at radius 1 is 1.13 bits per heavy atom. The quantitative estimate of drug-likeness (QED) is 0.534. The maximum absolute atomic E-state index is 12.8. The van der Waals surface area contributed by atoms with E-state index in [9.17, 15) is 9.59 Å². The standard InChI is InChI=1S/C22H22N6O2/c1-3-27-14-18(20(29)17-5-4-15(2)25-21(17)27)22(30)24-11-13-28-12-8-19(26-28)16-6-9-23-10-7-16/h4-10,12,14H,3,11,13H2,1-2H3,(H,24,30). The van der Waals surface area contributed by atoms with Crippen molar-refractivity contribution in [2.45, 2.75) is 26.9 Å². The highest BCUT2D eigenvalue weighted by Crippen LogP contribution is 2.15. The summed E-state index contributed by atoms with van der Waals surface area (Å²) in [5.74, 6) is -0.397. The van der Waals surface area contributed by atoms with E-state index in [0.29, 0.717) is 30.7 Å². The van der Waals surface area contributed by atoms with Crippen molar-refractivity contribution in [3.05, 3.63) is 76.6 Å². The summed E-state index contributed by atoms with van der Waals surface area (Å²) in [5, 5.41) is 7.78. The van der Waals surface area contributed by atoms with Crippen LogP contribution in [0.2, 0.25) is 0 Å². The number of amides is 1. The van der Waals surface area contributed by atoms with Gasteiger partial charge < -0.3 is 9.88 Å². The SMILES string of the molecule is CCn1cc(C(=O)NCCn2ccc(-c3ccncc3)n2)c(=O)c2ccc(C)nc21. The summed E-state index contributed by atoms with van der Waals surface area (Å²) in [6.45, 7) is 5.28. The lowest BCUT2D eigenvalue weighted by molar-refractivity contribution is 0.0950. The van der Waals surface area contributed by atoms with Crippen LogP contribution >= 0.6 is 0 Å². The minimum absolute atomic E-state index is 0.118. The molecule has 8 nitrogen and oxygen atoms in total. The summed E-state index contributed by atoms with van der Waals surface area (Å²) in [6, 6.07) is 9.21. The number of hydrogen-bond donors (Lipinski definition) is 1. The second kappa shape index (κ2) is 8.28. The van der Waals surface area contributed by atoms with Crippen LogP contribution in [0.1, 0.15) is 23.0 Å². The first-order valence-electron chi connectivity index (χ1n) is 9.79. The van der Waals surface area contributed by atoms with Crippen LogP contribution in [0.25, 0.3) is 22.3 Å². The van der Waals surface area contributed by atoms with Crippen molar-refractivity contribution >= 4 is 16.9 Å². The molecule has 4 heterocycles. The third-order valence-corrected chi connectivity index (χ3v) is 4.89. The minimum atomic E-state index is -0.397. The smallest absolute Gasteiger partial charge is 0.256 e. The lowest BCUT2D eigenvalue weighted by atomic mass is 10.1. The number of aromatic nitrogens is 5. The predicted octanol–water partition coefficient (Wildman–Crippen LogP) is 2.41. The maximum atomic E-state index is 12.8. The summed E-state index contributed by atoms with van der Waals surface area (Å²) in [5.41, 5.74) is 3.05. The first kappa shape index (κ1) is 19.5. The van der Waals surface area contributed by atoms with Crippen LogP contribution in [0.15, 0.2) is 59.9 Å². The van der Waals surface area contributed by atoms with Gasteiger partial charge in [-0.05, 0) is 44.2 Å². The molecule has 0 aliphatic heterocycles. The van der Waals surface area contributed by atoms with Crippen molar-refractivity contribution in [1.29, 1.82) is 0 Å². The third-order valence-electron chi connectivity index (χ3n) is 4.89. The Hall–Kier alpha value is -3.81. The number of hydrogen-bond acceptors (Lipinski definition) is 5. The monoisotopic (exact) mass is 402 g/mol. The molecule has 1 amide bonds. The molecule has 152 valence electrons. The molecular formula is C22H22N6O2. The summed E-state index contributed by atoms with van der Waals surface area (Å²) >= 11 is 0. The number of aryl methyl sites for hydroxylation is 2. The summed E-state index contributed by atoms with van der Waals surface area (Å²) in [4.78, 5) is 33.9. The number of nitrogens with zero attached hydrogens (tertiary/aromatic N) is 5. The molecule has 0 unspecified atom stereocenters. The van der Waals surface area contributed by atoms with Crippen LogP contribution in [-0.4, -0.2) is 36.8 Å². The molecule has 0 fully saturated rings. The van der Waals surface area contributed by atoms with E-state index in [0.717, 1.165) is 17.0 Å². The second-order valence-corrected chi connectivity index (χ2v) is 6.94. The van der Waals surface area contributed by atoms with Gasteiger partial charge >= 0.3 is 0 Å². The van der Waals surface area contributed by atoms with Gasteiger partial charge in [-0.3, -0.25) is 19.3 Å². The molecule has 4 aromatic heterocycles. The number of pyridine rings is 3. The molecule has 0 aliphatic rings. The highest BCUT2D eigenvalue weighted by Gasteiger charge is 2.15. The summed E-state index contributed by atoms with van der Waals surface area (Å²) in [6.07, 6.45) is 6.88. The van der Waals surface area contributed by atoms with Gasteiger partial charge in [-0.15, -0.1) is 0 Å². The number of nitrogens with one attached hydrogen (secondary N) is 1. The van der Waals surface area contributed by atoms with Crippen LogP contribution in [0.3, 0.4) is 0 Å². The Kier molecular flexibility index (Phi) is 5.38. The van der Waals surface area contributed by atoms with Gasteiger partial charge in [0.25, 0.3) is 5.91 Å². The van der Waals surface area contributed by atoms with E-state index in [2.05, 4.69) is 20.4 Å². The predicted molar refractivity (Wildman–Crippen MR) is 114 cm³/mol. The molecule has 0 aliphatic carbocycles. The number of rotatable bonds is 6. The van der Waals surface area contributed by atoms with E-state index in [4.69, 9.17) is 0 Å². The van der Waals surface area contributed by atoms with Crippen molar-refractivity contribution in [3.63, 3.8) is 0 Å². The normalized spacial score (nSPS) is 11.0. The highest BCUT2D eigenvalue weighted by molar-refractivity contribution is 5.96. The van der Waals surface area contributed by atoms with E-state index < -0.39 is 5.91 Å². The zero-order valence-electron chi connectivity index (χ0n) is 16.9. The Morgan fingerprint density at radius 3 is 2.70 bits per heavy atom. The van der Waals surface area contributed by atoms with Crippen molar-refractivity contribution < 1.29 is 4.79 Å². The van der Waals surface area contributed by atoms with E-state index >= 15 is 0 Å². The van der Waals surface area contributed by atoms with Crippen molar-refractivity contribution in [2.24, 2.45) is 0 Å². The molecule has 0 saturated heterocycles. The van der Waals surface area contributed by atoms with Crippen molar-refractivity contribution in [3.8, 4) is 11.3 Å². The Balaban J connectivity index is 1.48. The topological polar surface area (TPSA) is 94.7 Å². The van der Waals surface area contributed by atoms with Gasteiger partial charge in [-0.1, -0.05) is 0 Å². The molecule has 0 bridgehead atoms. The maximum Gasteiger partial charge on any atom is 0.256 e. The molecule has 0 atom stereocenters. The van der Waals surface area contributed by atoms with E-state index in [1.54, 1.807) is 35.4 Å². The second-order valence-electron chi connectivity index (χ2n) is 6.94. The molecule has 1 N–H and O–H groups in total. The lowest BCUT2D eigenvalue weighted by Crippen LogP contribution is -2.32. The molecular weight excluding hydrogens is 380 g/mol. The van der Waals surface area contributed by atoms with Crippen molar-refractivity contribution in [2.75, 3.05) is 6.54 Å². The van der Waals surface area contributed by atoms with Gasteiger partial charge in [0.1, 0.15) is 11.2 Å². The Labute approximate surface area is 173 Å². The molecule has 4 rings (SSSR count). The zero-order valence-corrected chi connectivity index (χ0v) is 16.9. The van der Waals surface area contributed by atoms with Crippen LogP contribution in [0.4, 0.5) is 0 Å². The molecule has 4 aromatic rings. The first-order valence-corrected chi connectivity index (χ1v) is 9.79. The van der Waals surface area contributed by atoms with E-state index in [1.807, 2.05) is 42.8 Å². The fourth-order valence-corrected chi connectivity index (χ4v) is 3.30. The Bertz CT molecular complexity index is 1260. The summed E-state index contributed by atoms with van der Waals surface area (Å²) < 4.78 is 3.58. The van der Waals surface area contributed by atoms with Crippen LogP contribution in [-0.2, 0) is 13.1 Å². The highest BCUT2D eigenvalue weighted by atomic mass is 16.2. The van der Waals surface area contributed by atoms with Crippen molar-refractivity contribution in [1.82, 2.24) is 29.6 Å². The average molecular weight is 402 g/mol. The van der Waals surface area contributed by atoms with Gasteiger partial charge in [0, 0.05) is 49.1 Å². The molecule has 0 spiro atoms.